The fraction of sp³-hybridized carbons (Fsp3) is 0.231. The molecule has 0 saturated heterocycles. The fourth-order valence-corrected chi connectivity index (χ4v) is 4.90. The van der Waals surface area contributed by atoms with Crippen molar-refractivity contribution < 1.29 is 14.3 Å². The van der Waals surface area contributed by atoms with Crippen molar-refractivity contribution >= 4 is 47.8 Å². The van der Waals surface area contributed by atoms with Gasteiger partial charge in [0, 0.05) is 28.3 Å². The van der Waals surface area contributed by atoms with E-state index < -0.39 is 12.1 Å². The van der Waals surface area contributed by atoms with Gasteiger partial charge in [-0.3, -0.25) is 4.79 Å². The number of hydrogen-bond donors (Lipinski definition) is 3. The van der Waals surface area contributed by atoms with Gasteiger partial charge in [0.05, 0.1) is 0 Å². The Labute approximate surface area is 214 Å². The predicted molar refractivity (Wildman–Crippen MR) is 139 cm³/mol. The Kier molecular flexibility index (Phi) is 8.03. The van der Waals surface area contributed by atoms with Crippen molar-refractivity contribution in [3.8, 4) is 11.1 Å². The van der Waals surface area contributed by atoms with Crippen molar-refractivity contribution in [2.45, 2.75) is 18.4 Å². The van der Waals surface area contributed by atoms with Gasteiger partial charge >= 0.3 is 6.09 Å². The first-order valence-electron chi connectivity index (χ1n) is 10.9. The zero-order valence-corrected chi connectivity index (χ0v) is 20.7. The van der Waals surface area contributed by atoms with Crippen molar-refractivity contribution in [3.05, 3.63) is 93.5 Å². The second-order valence-corrected chi connectivity index (χ2v) is 9.19. The highest BCUT2D eigenvalue weighted by molar-refractivity contribution is 7.80. The molecule has 0 spiro atoms. The lowest BCUT2D eigenvalue weighted by molar-refractivity contribution is -0.122. The summed E-state index contributed by atoms with van der Waals surface area (Å²) in [7, 11) is 0. The van der Waals surface area contributed by atoms with Crippen molar-refractivity contribution in [1.82, 2.24) is 10.6 Å². The summed E-state index contributed by atoms with van der Waals surface area (Å²) in [6.45, 7) is 0.534. The minimum atomic E-state index is -0.820. The van der Waals surface area contributed by atoms with E-state index in [0.717, 1.165) is 27.8 Å². The Hall–Kier alpha value is -2.67. The van der Waals surface area contributed by atoms with E-state index in [9.17, 15) is 9.59 Å². The van der Waals surface area contributed by atoms with Crippen LogP contribution in [0, 0.1) is 0 Å². The molecule has 0 aliphatic heterocycles. The molecule has 0 heterocycles. The molecule has 3 aromatic rings. The molecule has 0 fully saturated rings. The summed E-state index contributed by atoms with van der Waals surface area (Å²) in [6, 6.07) is 20.6. The van der Waals surface area contributed by atoms with Gasteiger partial charge in [0.2, 0.25) is 5.91 Å². The molecule has 2 amide bonds. The number of alkyl carbamates (subject to hydrolysis) is 1. The van der Waals surface area contributed by atoms with E-state index in [1.165, 1.54) is 0 Å². The largest absolute Gasteiger partial charge is 0.449 e. The van der Waals surface area contributed by atoms with Crippen LogP contribution in [-0.2, 0) is 16.0 Å². The quantitative estimate of drug-likeness (QED) is 0.348. The minimum Gasteiger partial charge on any atom is -0.449 e. The molecule has 0 bridgehead atoms. The molecular weight excluding hydrogens is 491 g/mol. The molecular formula is C26H24Cl2N2O3S. The number of carbonyl (C=O) groups excluding carboxylic acids is 2. The number of ether oxygens (including phenoxy) is 1. The SMILES string of the molecule is O=C(N[C@H](CS)C(=O)NCCc1ccc(Cl)cc1Cl)OCC1c2ccccc2-c2ccccc21. The van der Waals surface area contributed by atoms with Crippen LogP contribution in [0.5, 0.6) is 0 Å². The Bertz CT molecular complexity index is 1160. The van der Waals surface area contributed by atoms with Gasteiger partial charge in [0.1, 0.15) is 12.6 Å². The maximum absolute atomic E-state index is 12.5. The van der Waals surface area contributed by atoms with Crippen LogP contribution in [0.2, 0.25) is 10.0 Å². The predicted octanol–water partition coefficient (Wildman–Crippen LogP) is 5.49. The van der Waals surface area contributed by atoms with Crippen LogP contribution in [0.25, 0.3) is 11.1 Å². The molecule has 2 N–H and O–H groups in total. The number of amides is 2. The molecule has 3 aromatic carbocycles. The van der Waals surface area contributed by atoms with Gasteiger partial charge in [0.15, 0.2) is 0 Å². The van der Waals surface area contributed by atoms with Crippen molar-refractivity contribution in [1.29, 1.82) is 0 Å². The van der Waals surface area contributed by atoms with Gasteiger partial charge in [-0.25, -0.2) is 4.79 Å². The highest BCUT2D eigenvalue weighted by atomic mass is 35.5. The van der Waals surface area contributed by atoms with Crippen LogP contribution in [0.15, 0.2) is 66.7 Å². The Morgan fingerprint density at radius 3 is 2.24 bits per heavy atom. The average molecular weight is 515 g/mol. The maximum Gasteiger partial charge on any atom is 0.407 e. The zero-order valence-electron chi connectivity index (χ0n) is 18.3. The summed E-state index contributed by atoms with van der Waals surface area (Å²) in [5, 5.41) is 6.52. The third kappa shape index (κ3) is 5.52. The maximum atomic E-state index is 12.5. The summed E-state index contributed by atoms with van der Waals surface area (Å²) in [5.41, 5.74) is 5.43. The van der Waals surface area contributed by atoms with Gasteiger partial charge in [-0.2, -0.15) is 12.6 Å². The smallest absolute Gasteiger partial charge is 0.407 e. The summed E-state index contributed by atoms with van der Waals surface area (Å²) in [4.78, 5) is 25.0. The lowest BCUT2D eigenvalue weighted by atomic mass is 9.98. The molecule has 1 aliphatic carbocycles. The molecule has 1 atom stereocenters. The van der Waals surface area contributed by atoms with E-state index in [0.29, 0.717) is 23.0 Å². The van der Waals surface area contributed by atoms with Crippen molar-refractivity contribution in [3.63, 3.8) is 0 Å². The Morgan fingerprint density at radius 2 is 1.62 bits per heavy atom. The van der Waals surface area contributed by atoms with Crippen LogP contribution in [0.3, 0.4) is 0 Å². The number of halogens is 2. The van der Waals surface area contributed by atoms with Crippen LogP contribution in [0.4, 0.5) is 4.79 Å². The summed E-state index contributed by atoms with van der Waals surface area (Å²) < 4.78 is 5.53. The lowest BCUT2D eigenvalue weighted by Crippen LogP contribution is -2.48. The first-order valence-corrected chi connectivity index (χ1v) is 12.3. The molecule has 1 aliphatic rings. The normalized spacial score (nSPS) is 13.0. The minimum absolute atomic E-state index is 0.0504. The summed E-state index contributed by atoms with van der Waals surface area (Å²) in [5.74, 6) is -0.253. The van der Waals surface area contributed by atoms with Crippen LogP contribution in [-0.4, -0.2) is 36.9 Å². The lowest BCUT2D eigenvalue weighted by Gasteiger charge is -2.18. The van der Waals surface area contributed by atoms with E-state index in [1.54, 1.807) is 12.1 Å². The first kappa shape index (κ1) is 24.5. The molecule has 0 unspecified atom stereocenters. The first-order chi connectivity index (χ1) is 16.5. The highest BCUT2D eigenvalue weighted by Gasteiger charge is 2.29. The Morgan fingerprint density at radius 1 is 0.971 bits per heavy atom. The van der Waals surface area contributed by atoms with Gasteiger partial charge in [-0.15, -0.1) is 0 Å². The topological polar surface area (TPSA) is 67.4 Å². The van der Waals surface area contributed by atoms with Gasteiger partial charge in [0.25, 0.3) is 0 Å². The second-order valence-electron chi connectivity index (χ2n) is 7.98. The van der Waals surface area contributed by atoms with E-state index >= 15 is 0 Å². The fourth-order valence-electron chi connectivity index (χ4n) is 4.14. The summed E-state index contributed by atoms with van der Waals surface area (Å²) >= 11 is 16.3. The number of nitrogens with one attached hydrogen (secondary N) is 2. The van der Waals surface area contributed by atoms with E-state index in [1.807, 2.05) is 30.3 Å². The van der Waals surface area contributed by atoms with Crippen molar-refractivity contribution in [2.24, 2.45) is 0 Å². The van der Waals surface area contributed by atoms with E-state index in [4.69, 9.17) is 27.9 Å². The van der Waals surface area contributed by atoms with Crippen LogP contribution < -0.4 is 10.6 Å². The molecule has 34 heavy (non-hydrogen) atoms. The molecule has 5 nitrogen and oxygen atoms in total. The Balaban J connectivity index is 1.30. The second kappa shape index (κ2) is 11.2. The number of benzene rings is 3. The molecule has 0 radical (unpaired) electrons. The van der Waals surface area contributed by atoms with E-state index in [2.05, 4.69) is 47.5 Å². The summed E-state index contributed by atoms with van der Waals surface area (Å²) in [6.07, 6.45) is -0.122. The third-order valence-corrected chi connectivity index (χ3v) is 6.80. The molecule has 8 heteroatoms. The number of thiol groups is 1. The van der Waals surface area contributed by atoms with E-state index in [-0.39, 0.29) is 24.2 Å². The number of carbonyl (C=O) groups is 2. The van der Waals surface area contributed by atoms with Gasteiger partial charge in [-0.05, 0) is 46.4 Å². The molecule has 0 saturated carbocycles. The molecule has 0 aromatic heterocycles. The van der Waals surface area contributed by atoms with Crippen LogP contribution >= 0.6 is 35.8 Å². The zero-order chi connectivity index (χ0) is 24.1. The molecule has 4 rings (SSSR count). The standard InChI is InChI=1S/C26H24Cl2N2O3S/c27-17-10-9-16(23(28)13-17)11-12-29-25(31)24(15-34)30-26(32)33-14-22-20-7-3-1-5-18(20)19-6-2-4-8-21(19)22/h1-10,13,22,24,34H,11-12,14-15H2,(H,29,31)(H,30,32)/t24-/m1/s1. The van der Waals surface area contributed by atoms with Crippen LogP contribution in [0.1, 0.15) is 22.6 Å². The van der Waals surface area contributed by atoms with Crippen molar-refractivity contribution in [2.75, 3.05) is 18.9 Å². The molecule has 176 valence electrons. The number of rotatable bonds is 8. The monoisotopic (exact) mass is 514 g/mol. The number of hydrogen-bond acceptors (Lipinski definition) is 4. The average Bonchev–Trinajstić information content (AvgIpc) is 3.16. The van der Waals surface area contributed by atoms with Gasteiger partial charge < -0.3 is 15.4 Å². The van der Waals surface area contributed by atoms with Gasteiger partial charge in [-0.1, -0.05) is 77.8 Å². The third-order valence-electron chi connectivity index (χ3n) is 5.84. The number of fused-ring (bicyclic) bond motifs is 3. The highest BCUT2D eigenvalue weighted by Crippen LogP contribution is 2.44.